The van der Waals surface area contributed by atoms with Crippen molar-refractivity contribution in [2.75, 3.05) is 26.2 Å². The largest absolute Gasteiger partial charge is 0.466 e. The van der Waals surface area contributed by atoms with E-state index >= 15 is 0 Å². The quantitative estimate of drug-likeness (QED) is 0.420. The normalized spacial score (nSPS) is 18.9. The van der Waals surface area contributed by atoms with Crippen molar-refractivity contribution in [3.05, 3.63) is 0 Å². The number of nitrogens with one attached hydrogen (secondary N) is 1. The zero-order chi connectivity index (χ0) is 25.0. The van der Waals surface area contributed by atoms with Crippen molar-refractivity contribution in [1.82, 2.24) is 15.1 Å². The minimum absolute atomic E-state index is 0.00443. The van der Waals surface area contributed by atoms with Crippen LogP contribution in [0.1, 0.15) is 86.5 Å². The smallest absolute Gasteiger partial charge is 0.306 e. The fourth-order valence-corrected chi connectivity index (χ4v) is 4.25. The third-order valence-corrected chi connectivity index (χ3v) is 6.63. The summed E-state index contributed by atoms with van der Waals surface area (Å²) in [5, 5.41) is 2.84. The number of piperazine rings is 1. The molecule has 1 rings (SSSR count). The summed E-state index contributed by atoms with van der Waals surface area (Å²) in [5.74, 6) is -0.677. The van der Waals surface area contributed by atoms with Gasteiger partial charge in [-0.3, -0.25) is 19.2 Å². The van der Waals surface area contributed by atoms with E-state index in [1.165, 1.54) is 0 Å². The molecule has 0 saturated carbocycles. The fraction of sp³-hybridized carbons (Fsp3) is 0.840. The number of carbonyl (C=O) groups is 4. The van der Waals surface area contributed by atoms with Crippen LogP contribution in [-0.4, -0.2) is 71.8 Å². The molecule has 8 heteroatoms. The van der Waals surface area contributed by atoms with Gasteiger partial charge in [-0.2, -0.15) is 0 Å². The lowest BCUT2D eigenvalue weighted by Crippen LogP contribution is -2.60. The minimum Gasteiger partial charge on any atom is -0.466 e. The molecule has 33 heavy (non-hydrogen) atoms. The molecule has 8 nitrogen and oxygen atoms in total. The number of carbonyl (C=O) groups excluding carboxylic acids is 4. The molecule has 1 saturated heterocycles. The third-order valence-electron chi connectivity index (χ3n) is 6.63. The molecule has 0 aromatic rings. The molecule has 0 aliphatic carbocycles. The average molecular weight is 468 g/mol. The molecule has 0 aromatic heterocycles. The van der Waals surface area contributed by atoms with E-state index in [9.17, 15) is 19.2 Å². The van der Waals surface area contributed by atoms with Gasteiger partial charge in [-0.1, -0.05) is 47.0 Å². The Bertz CT molecular complexity index is 654. The van der Waals surface area contributed by atoms with Gasteiger partial charge in [-0.25, -0.2) is 0 Å². The highest BCUT2D eigenvalue weighted by atomic mass is 16.5. The number of ether oxygens (including phenoxy) is 1. The van der Waals surface area contributed by atoms with Crippen LogP contribution in [0.5, 0.6) is 0 Å². The molecule has 1 fully saturated rings. The highest BCUT2D eigenvalue weighted by Gasteiger charge is 2.36. The van der Waals surface area contributed by atoms with E-state index in [1.807, 2.05) is 25.7 Å². The van der Waals surface area contributed by atoms with Crippen LogP contribution in [0.4, 0.5) is 0 Å². The molecule has 3 amide bonds. The van der Waals surface area contributed by atoms with Crippen molar-refractivity contribution in [2.24, 2.45) is 11.8 Å². The van der Waals surface area contributed by atoms with Crippen molar-refractivity contribution in [2.45, 2.75) is 98.6 Å². The molecule has 4 unspecified atom stereocenters. The van der Waals surface area contributed by atoms with Crippen molar-refractivity contribution < 1.29 is 23.9 Å². The second-order valence-corrected chi connectivity index (χ2v) is 9.15. The molecule has 190 valence electrons. The second-order valence-electron chi connectivity index (χ2n) is 9.15. The zero-order valence-corrected chi connectivity index (χ0v) is 21.5. The van der Waals surface area contributed by atoms with Gasteiger partial charge in [0.1, 0.15) is 6.04 Å². The van der Waals surface area contributed by atoms with E-state index in [0.717, 1.165) is 32.1 Å². The van der Waals surface area contributed by atoms with E-state index < -0.39 is 12.0 Å². The Kier molecular flexibility index (Phi) is 13.1. The van der Waals surface area contributed by atoms with E-state index in [1.54, 1.807) is 11.8 Å². The summed E-state index contributed by atoms with van der Waals surface area (Å²) in [5.41, 5.74) is 0. The van der Waals surface area contributed by atoms with Crippen LogP contribution < -0.4 is 5.32 Å². The summed E-state index contributed by atoms with van der Waals surface area (Å²) in [6, 6.07) is -0.713. The summed E-state index contributed by atoms with van der Waals surface area (Å²) in [7, 11) is 0. The first-order valence-electron chi connectivity index (χ1n) is 12.7. The number of nitrogens with zero attached hydrogens (tertiary/aromatic N) is 2. The lowest BCUT2D eigenvalue weighted by atomic mass is 9.95. The second kappa shape index (κ2) is 14.9. The van der Waals surface area contributed by atoms with Gasteiger partial charge in [0.2, 0.25) is 17.7 Å². The topological polar surface area (TPSA) is 96.0 Å². The van der Waals surface area contributed by atoms with Crippen molar-refractivity contribution in [3.63, 3.8) is 0 Å². The zero-order valence-electron chi connectivity index (χ0n) is 21.5. The van der Waals surface area contributed by atoms with Gasteiger partial charge in [0.25, 0.3) is 0 Å². The predicted molar refractivity (Wildman–Crippen MR) is 128 cm³/mol. The molecule has 1 N–H and O–H groups in total. The number of hydrogen-bond donors (Lipinski definition) is 1. The Labute approximate surface area is 199 Å². The molecule has 0 radical (unpaired) electrons. The monoisotopic (exact) mass is 467 g/mol. The average Bonchev–Trinajstić information content (AvgIpc) is 2.80. The number of esters is 1. The fourth-order valence-electron chi connectivity index (χ4n) is 4.25. The van der Waals surface area contributed by atoms with Crippen molar-refractivity contribution >= 4 is 23.7 Å². The Balaban J connectivity index is 2.76. The van der Waals surface area contributed by atoms with Crippen LogP contribution >= 0.6 is 0 Å². The predicted octanol–water partition coefficient (Wildman–Crippen LogP) is 3.14. The number of rotatable bonds is 13. The maximum atomic E-state index is 13.3. The SMILES string of the molecule is CCCCC(CC)C(=O)N1CCN(C(=O)C(NC(=O)CCC(=O)OCC)C(C)CC)CC1C. The van der Waals surface area contributed by atoms with E-state index in [0.29, 0.717) is 19.6 Å². The summed E-state index contributed by atoms with van der Waals surface area (Å²) in [6.45, 7) is 13.5. The summed E-state index contributed by atoms with van der Waals surface area (Å²) in [6.07, 6.45) is 4.58. The maximum Gasteiger partial charge on any atom is 0.306 e. The van der Waals surface area contributed by atoms with Crippen LogP contribution in [0.15, 0.2) is 0 Å². The Morgan fingerprint density at radius 3 is 2.24 bits per heavy atom. The highest BCUT2D eigenvalue weighted by molar-refractivity contribution is 5.89. The first-order chi connectivity index (χ1) is 15.7. The minimum atomic E-state index is -0.646. The van der Waals surface area contributed by atoms with Gasteiger partial charge in [-0.05, 0) is 32.6 Å². The molecular formula is C25H45N3O5. The van der Waals surface area contributed by atoms with E-state index in [4.69, 9.17) is 4.74 Å². The van der Waals surface area contributed by atoms with Crippen LogP contribution in [0.3, 0.4) is 0 Å². The number of amides is 3. The van der Waals surface area contributed by atoms with Gasteiger partial charge in [0.15, 0.2) is 0 Å². The molecule has 1 aliphatic rings. The molecule has 0 aromatic carbocycles. The summed E-state index contributed by atoms with van der Waals surface area (Å²) >= 11 is 0. The van der Waals surface area contributed by atoms with Gasteiger partial charge in [-0.15, -0.1) is 0 Å². The van der Waals surface area contributed by atoms with Crippen molar-refractivity contribution in [1.29, 1.82) is 0 Å². The van der Waals surface area contributed by atoms with Gasteiger partial charge in [0.05, 0.1) is 13.0 Å². The standard InChI is InChI=1S/C25H45N3O5/c1-7-11-12-20(9-3)24(31)28-16-15-27(17-19(28)6)25(32)23(18(5)8-2)26-21(29)13-14-22(30)33-10-4/h18-20,23H,7-17H2,1-6H3,(H,26,29). The highest BCUT2D eigenvalue weighted by Crippen LogP contribution is 2.21. The lowest BCUT2D eigenvalue weighted by Gasteiger charge is -2.42. The summed E-state index contributed by atoms with van der Waals surface area (Å²) < 4.78 is 4.87. The lowest BCUT2D eigenvalue weighted by molar-refractivity contribution is -0.148. The van der Waals surface area contributed by atoms with Gasteiger partial charge in [0, 0.05) is 38.0 Å². The molecule has 1 aliphatic heterocycles. The van der Waals surface area contributed by atoms with Crippen LogP contribution in [-0.2, 0) is 23.9 Å². The first-order valence-corrected chi connectivity index (χ1v) is 12.7. The van der Waals surface area contributed by atoms with E-state index in [2.05, 4.69) is 19.2 Å². The third kappa shape index (κ3) is 8.97. The number of unbranched alkanes of at least 4 members (excludes halogenated alkanes) is 1. The maximum absolute atomic E-state index is 13.3. The molecule has 4 atom stereocenters. The van der Waals surface area contributed by atoms with Crippen LogP contribution in [0, 0.1) is 11.8 Å². The van der Waals surface area contributed by atoms with Gasteiger partial charge < -0.3 is 19.9 Å². The Morgan fingerprint density at radius 2 is 1.70 bits per heavy atom. The molecule has 0 spiro atoms. The molecular weight excluding hydrogens is 422 g/mol. The summed E-state index contributed by atoms with van der Waals surface area (Å²) in [4.78, 5) is 54.1. The van der Waals surface area contributed by atoms with E-state index in [-0.39, 0.29) is 55.0 Å². The molecule has 0 bridgehead atoms. The van der Waals surface area contributed by atoms with Crippen LogP contribution in [0.25, 0.3) is 0 Å². The van der Waals surface area contributed by atoms with Crippen LogP contribution in [0.2, 0.25) is 0 Å². The number of hydrogen-bond acceptors (Lipinski definition) is 5. The Morgan fingerprint density at radius 1 is 1.00 bits per heavy atom. The first kappa shape index (κ1) is 28.9. The van der Waals surface area contributed by atoms with Gasteiger partial charge >= 0.3 is 5.97 Å². The van der Waals surface area contributed by atoms with Crippen molar-refractivity contribution in [3.8, 4) is 0 Å². The Hall–Kier alpha value is -2.12. The molecule has 1 heterocycles.